The van der Waals surface area contributed by atoms with Crippen molar-refractivity contribution in [2.75, 3.05) is 6.54 Å². The van der Waals surface area contributed by atoms with Gasteiger partial charge in [-0.1, -0.05) is 48.5 Å². The molecule has 4 heteroatoms. The summed E-state index contributed by atoms with van der Waals surface area (Å²) in [4.78, 5) is 24.0. The summed E-state index contributed by atoms with van der Waals surface area (Å²) in [6, 6.07) is 16.9. The van der Waals surface area contributed by atoms with Crippen LogP contribution >= 0.6 is 0 Å². The second kappa shape index (κ2) is 7.41. The summed E-state index contributed by atoms with van der Waals surface area (Å²) in [5.41, 5.74) is 2.51. The van der Waals surface area contributed by atoms with Crippen LogP contribution in [0.15, 0.2) is 54.6 Å². The highest BCUT2D eigenvalue weighted by Gasteiger charge is 2.12. The molecule has 0 fully saturated rings. The van der Waals surface area contributed by atoms with Crippen molar-refractivity contribution in [3.63, 3.8) is 0 Å². The number of rotatable bonds is 5. The predicted molar refractivity (Wildman–Crippen MR) is 86.5 cm³/mol. The SMILES string of the molecule is Cc1ccccc1C(=O)NCC(=O)N[C@@H](C)c1ccccc1. The second-order valence-corrected chi connectivity index (χ2v) is 5.20. The summed E-state index contributed by atoms with van der Waals surface area (Å²) in [7, 11) is 0. The van der Waals surface area contributed by atoms with Crippen LogP contribution in [0.4, 0.5) is 0 Å². The van der Waals surface area contributed by atoms with E-state index in [0.29, 0.717) is 5.56 Å². The fourth-order valence-corrected chi connectivity index (χ4v) is 2.20. The Hall–Kier alpha value is -2.62. The average Bonchev–Trinajstić information content (AvgIpc) is 2.54. The van der Waals surface area contributed by atoms with E-state index in [2.05, 4.69) is 10.6 Å². The minimum atomic E-state index is -0.236. The van der Waals surface area contributed by atoms with Crippen LogP contribution in [-0.4, -0.2) is 18.4 Å². The summed E-state index contributed by atoms with van der Waals surface area (Å²) in [6.45, 7) is 3.74. The maximum Gasteiger partial charge on any atom is 0.251 e. The van der Waals surface area contributed by atoms with Gasteiger partial charge in [0.25, 0.3) is 5.91 Å². The average molecular weight is 296 g/mol. The molecule has 4 nitrogen and oxygen atoms in total. The summed E-state index contributed by atoms with van der Waals surface area (Å²) in [5, 5.41) is 5.51. The summed E-state index contributed by atoms with van der Waals surface area (Å²) < 4.78 is 0. The van der Waals surface area contributed by atoms with E-state index in [4.69, 9.17) is 0 Å². The van der Waals surface area contributed by atoms with E-state index in [-0.39, 0.29) is 24.4 Å². The Labute approximate surface area is 130 Å². The Morgan fingerprint density at radius 1 is 1.00 bits per heavy atom. The Morgan fingerprint density at radius 3 is 2.32 bits per heavy atom. The lowest BCUT2D eigenvalue weighted by Gasteiger charge is -2.14. The Morgan fingerprint density at radius 2 is 1.64 bits per heavy atom. The Bertz CT molecular complexity index is 653. The van der Waals surface area contributed by atoms with Crippen molar-refractivity contribution in [1.29, 1.82) is 0 Å². The van der Waals surface area contributed by atoms with Crippen LogP contribution in [0.3, 0.4) is 0 Å². The molecular weight excluding hydrogens is 276 g/mol. The highest BCUT2D eigenvalue weighted by molar-refractivity contribution is 5.97. The van der Waals surface area contributed by atoms with Crippen LogP contribution < -0.4 is 10.6 Å². The number of aryl methyl sites for hydroxylation is 1. The van der Waals surface area contributed by atoms with Gasteiger partial charge in [0, 0.05) is 5.56 Å². The molecule has 2 aromatic rings. The van der Waals surface area contributed by atoms with Crippen molar-refractivity contribution in [2.24, 2.45) is 0 Å². The quantitative estimate of drug-likeness (QED) is 0.891. The number of hydrogen-bond acceptors (Lipinski definition) is 2. The van der Waals surface area contributed by atoms with Gasteiger partial charge in [-0.05, 0) is 31.0 Å². The molecule has 0 radical (unpaired) electrons. The summed E-state index contributed by atoms with van der Waals surface area (Å²) in [5.74, 6) is -0.445. The van der Waals surface area contributed by atoms with Gasteiger partial charge in [0.05, 0.1) is 12.6 Å². The maximum absolute atomic E-state index is 12.0. The molecule has 0 heterocycles. The third kappa shape index (κ3) is 4.19. The van der Waals surface area contributed by atoms with Crippen LogP contribution in [0.1, 0.15) is 34.5 Å². The van der Waals surface area contributed by atoms with Crippen LogP contribution in [0.25, 0.3) is 0 Å². The first-order valence-corrected chi connectivity index (χ1v) is 7.26. The largest absolute Gasteiger partial charge is 0.348 e. The van der Waals surface area contributed by atoms with Crippen molar-refractivity contribution in [3.05, 3.63) is 71.3 Å². The van der Waals surface area contributed by atoms with Gasteiger partial charge in [0.1, 0.15) is 0 Å². The van der Waals surface area contributed by atoms with E-state index in [9.17, 15) is 9.59 Å². The molecule has 0 saturated carbocycles. The van der Waals surface area contributed by atoms with E-state index >= 15 is 0 Å². The van der Waals surface area contributed by atoms with Crippen LogP contribution in [-0.2, 0) is 4.79 Å². The van der Waals surface area contributed by atoms with Crippen molar-refractivity contribution in [1.82, 2.24) is 10.6 Å². The first-order chi connectivity index (χ1) is 10.6. The summed E-state index contributed by atoms with van der Waals surface area (Å²) in [6.07, 6.45) is 0. The topological polar surface area (TPSA) is 58.2 Å². The van der Waals surface area contributed by atoms with Gasteiger partial charge < -0.3 is 10.6 Å². The molecule has 0 aliphatic rings. The molecule has 0 aromatic heterocycles. The smallest absolute Gasteiger partial charge is 0.251 e. The van der Waals surface area contributed by atoms with Crippen molar-refractivity contribution >= 4 is 11.8 Å². The molecule has 0 saturated heterocycles. The Balaban J connectivity index is 1.85. The van der Waals surface area contributed by atoms with Gasteiger partial charge in [0.2, 0.25) is 5.91 Å². The molecule has 0 aliphatic heterocycles. The molecule has 2 amide bonds. The van der Waals surface area contributed by atoms with E-state index in [1.54, 1.807) is 12.1 Å². The maximum atomic E-state index is 12.0. The van der Waals surface area contributed by atoms with Gasteiger partial charge in [-0.15, -0.1) is 0 Å². The molecule has 2 rings (SSSR count). The molecule has 114 valence electrons. The molecule has 0 spiro atoms. The molecule has 22 heavy (non-hydrogen) atoms. The standard InChI is InChI=1S/C18H20N2O2/c1-13-8-6-7-11-16(13)18(22)19-12-17(21)20-14(2)15-9-4-3-5-10-15/h3-11,14H,12H2,1-2H3,(H,19,22)(H,20,21)/t14-/m0/s1. The number of nitrogens with one attached hydrogen (secondary N) is 2. The molecular formula is C18H20N2O2. The fraction of sp³-hybridized carbons (Fsp3) is 0.222. The molecule has 1 atom stereocenters. The second-order valence-electron chi connectivity index (χ2n) is 5.20. The molecule has 0 bridgehead atoms. The third-order valence-electron chi connectivity index (χ3n) is 3.48. The number of benzene rings is 2. The lowest BCUT2D eigenvalue weighted by Crippen LogP contribution is -2.38. The fourth-order valence-electron chi connectivity index (χ4n) is 2.20. The Kier molecular flexibility index (Phi) is 5.31. The molecule has 2 N–H and O–H groups in total. The number of hydrogen-bond donors (Lipinski definition) is 2. The van der Waals surface area contributed by atoms with Crippen molar-refractivity contribution in [2.45, 2.75) is 19.9 Å². The van der Waals surface area contributed by atoms with E-state index in [1.807, 2.05) is 56.3 Å². The lowest BCUT2D eigenvalue weighted by molar-refractivity contribution is -0.120. The van der Waals surface area contributed by atoms with E-state index in [0.717, 1.165) is 11.1 Å². The zero-order chi connectivity index (χ0) is 15.9. The van der Waals surface area contributed by atoms with Gasteiger partial charge in [-0.2, -0.15) is 0 Å². The normalized spacial score (nSPS) is 11.5. The van der Waals surface area contributed by atoms with E-state index < -0.39 is 0 Å². The number of amides is 2. The number of carbonyl (C=O) groups excluding carboxylic acids is 2. The first-order valence-electron chi connectivity index (χ1n) is 7.26. The van der Waals surface area contributed by atoms with E-state index in [1.165, 1.54) is 0 Å². The minimum absolute atomic E-state index is 0.0374. The van der Waals surface area contributed by atoms with Gasteiger partial charge in [-0.25, -0.2) is 0 Å². The third-order valence-corrected chi connectivity index (χ3v) is 3.48. The molecule has 2 aromatic carbocycles. The van der Waals surface area contributed by atoms with Crippen molar-refractivity contribution in [3.8, 4) is 0 Å². The van der Waals surface area contributed by atoms with Gasteiger partial charge in [0.15, 0.2) is 0 Å². The zero-order valence-electron chi connectivity index (χ0n) is 12.8. The highest BCUT2D eigenvalue weighted by Crippen LogP contribution is 2.10. The molecule has 0 unspecified atom stereocenters. The highest BCUT2D eigenvalue weighted by atomic mass is 16.2. The summed E-state index contributed by atoms with van der Waals surface area (Å²) >= 11 is 0. The van der Waals surface area contributed by atoms with Crippen molar-refractivity contribution < 1.29 is 9.59 Å². The first kappa shape index (κ1) is 15.8. The zero-order valence-corrected chi connectivity index (χ0v) is 12.8. The van der Waals surface area contributed by atoms with Crippen LogP contribution in [0, 0.1) is 6.92 Å². The monoisotopic (exact) mass is 296 g/mol. The molecule has 0 aliphatic carbocycles. The lowest BCUT2D eigenvalue weighted by atomic mass is 10.1. The van der Waals surface area contributed by atoms with Crippen LogP contribution in [0.2, 0.25) is 0 Å². The van der Waals surface area contributed by atoms with Gasteiger partial charge >= 0.3 is 0 Å². The minimum Gasteiger partial charge on any atom is -0.348 e. The van der Waals surface area contributed by atoms with Gasteiger partial charge in [-0.3, -0.25) is 9.59 Å². The predicted octanol–water partition coefficient (Wildman–Crippen LogP) is 2.60. The number of carbonyl (C=O) groups is 2. The van der Waals surface area contributed by atoms with Crippen LogP contribution in [0.5, 0.6) is 0 Å².